The molecule has 1 aromatic carbocycles. The molecule has 8 heteroatoms. The molecule has 4 aromatic rings. The summed E-state index contributed by atoms with van der Waals surface area (Å²) in [6.07, 6.45) is 3.30. The maximum absolute atomic E-state index is 12.4. The SMILES string of the molecule is Cc1ccc(OCn2cc(NC(=O)c3cc(-c4cccs4)[nH]n3)cn2)c(C)c1. The summed E-state index contributed by atoms with van der Waals surface area (Å²) in [5.74, 6) is 0.512. The van der Waals surface area contributed by atoms with E-state index in [0.717, 1.165) is 21.9 Å². The number of rotatable bonds is 6. The second-order valence-electron chi connectivity index (χ2n) is 6.41. The first-order valence-electron chi connectivity index (χ1n) is 8.71. The number of hydrogen-bond acceptors (Lipinski definition) is 5. The van der Waals surface area contributed by atoms with Crippen LogP contribution in [0.15, 0.2) is 54.2 Å². The van der Waals surface area contributed by atoms with Gasteiger partial charge in [-0.25, -0.2) is 4.68 Å². The Labute approximate surface area is 166 Å². The van der Waals surface area contributed by atoms with Gasteiger partial charge in [-0.05, 0) is 43.0 Å². The van der Waals surface area contributed by atoms with Crippen LogP contribution in [-0.2, 0) is 6.73 Å². The summed E-state index contributed by atoms with van der Waals surface area (Å²) in [4.78, 5) is 13.4. The van der Waals surface area contributed by atoms with Crippen LogP contribution in [0.4, 0.5) is 5.69 Å². The van der Waals surface area contributed by atoms with E-state index in [1.807, 2.05) is 43.5 Å². The Morgan fingerprint density at radius 3 is 2.96 bits per heavy atom. The molecule has 0 saturated carbocycles. The van der Waals surface area contributed by atoms with Crippen molar-refractivity contribution in [2.24, 2.45) is 0 Å². The Balaban J connectivity index is 1.37. The lowest BCUT2D eigenvalue weighted by Crippen LogP contribution is -2.12. The highest BCUT2D eigenvalue weighted by Gasteiger charge is 2.13. The molecule has 0 aliphatic heterocycles. The third kappa shape index (κ3) is 3.96. The number of aromatic nitrogens is 4. The van der Waals surface area contributed by atoms with E-state index in [-0.39, 0.29) is 12.6 Å². The van der Waals surface area contributed by atoms with Gasteiger partial charge in [0.15, 0.2) is 12.4 Å². The number of carbonyl (C=O) groups excluding carboxylic acids is 1. The predicted molar refractivity (Wildman–Crippen MR) is 109 cm³/mol. The van der Waals surface area contributed by atoms with Gasteiger partial charge in [-0.15, -0.1) is 11.3 Å². The molecule has 7 nitrogen and oxygen atoms in total. The molecule has 0 aliphatic carbocycles. The van der Waals surface area contributed by atoms with Crippen molar-refractivity contribution in [3.8, 4) is 16.3 Å². The van der Waals surface area contributed by atoms with Crippen LogP contribution in [0, 0.1) is 13.8 Å². The summed E-state index contributed by atoms with van der Waals surface area (Å²) in [5.41, 5.74) is 3.98. The van der Waals surface area contributed by atoms with Gasteiger partial charge < -0.3 is 10.1 Å². The standard InChI is InChI=1S/C20H19N5O2S/c1-13-5-6-18(14(2)8-13)27-12-25-11-15(10-21-25)22-20(26)17-9-16(23-24-17)19-4-3-7-28-19/h3-11H,12H2,1-2H3,(H,22,26)(H,23,24). The molecular weight excluding hydrogens is 374 g/mol. The van der Waals surface area contributed by atoms with Gasteiger partial charge in [-0.1, -0.05) is 23.8 Å². The first kappa shape index (κ1) is 18.0. The van der Waals surface area contributed by atoms with Gasteiger partial charge in [0.05, 0.1) is 28.7 Å². The molecule has 0 radical (unpaired) electrons. The average molecular weight is 393 g/mol. The highest BCUT2D eigenvalue weighted by Crippen LogP contribution is 2.23. The van der Waals surface area contributed by atoms with Crippen molar-refractivity contribution in [2.45, 2.75) is 20.6 Å². The Kier molecular flexibility index (Phi) is 4.94. The summed E-state index contributed by atoms with van der Waals surface area (Å²) < 4.78 is 7.42. The maximum Gasteiger partial charge on any atom is 0.276 e. The molecule has 4 rings (SSSR count). The molecule has 0 bridgehead atoms. The van der Waals surface area contributed by atoms with E-state index in [9.17, 15) is 4.79 Å². The van der Waals surface area contributed by atoms with Gasteiger partial charge in [0.25, 0.3) is 5.91 Å². The second kappa shape index (κ2) is 7.69. The number of nitrogens with one attached hydrogen (secondary N) is 2. The zero-order valence-corrected chi connectivity index (χ0v) is 16.3. The number of benzene rings is 1. The number of thiophene rings is 1. The Morgan fingerprint density at radius 2 is 2.18 bits per heavy atom. The predicted octanol–water partition coefficient (Wildman–Crippen LogP) is 4.24. The van der Waals surface area contributed by atoms with Crippen LogP contribution in [0.3, 0.4) is 0 Å². The van der Waals surface area contributed by atoms with Crippen LogP contribution < -0.4 is 10.1 Å². The molecular formula is C20H19N5O2S. The zero-order valence-electron chi connectivity index (χ0n) is 15.5. The minimum atomic E-state index is -0.297. The van der Waals surface area contributed by atoms with Gasteiger partial charge in [0.1, 0.15) is 5.75 Å². The fourth-order valence-electron chi connectivity index (χ4n) is 2.79. The third-order valence-electron chi connectivity index (χ3n) is 4.17. The molecule has 0 spiro atoms. The van der Waals surface area contributed by atoms with Crippen LogP contribution in [0.25, 0.3) is 10.6 Å². The van der Waals surface area contributed by atoms with Crippen molar-refractivity contribution in [1.82, 2.24) is 20.0 Å². The lowest BCUT2D eigenvalue weighted by atomic mass is 10.1. The fraction of sp³-hybridized carbons (Fsp3) is 0.150. The number of aromatic amines is 1. The van der Waals surface area contributed by atoms with E-state index in [2.05, 4.69) is 26.7 Å². The van der Waals surface area contributed by atoms with E-state index in [4.69, 9.17) is 4.74 Å². The fourth-order valence-corrected chi connectivity index (χ4v) is 3.48. The first-order valence-corrected chi connectivity index (χ1v) is 9.59. The van der Waals surface area contributed by atoms with Crippen LogP contribution in [-0.4, -0.2) is 25.9 Å². The van der Waals surface area contributed by atoms with Gasteiger partial charge >= 0.3 is 0 Å². The summed E-state index contributed by atoms with van der Waals surface area (Å²) in [5, 5.41) is 16.0. The van der Waals surface area contributed by atoms with Crippen LogP contribution in [0.5, 0.6) is 5.75 Å². The highest BCUT2D eigenvalue weighted by atomic mass is 32.1. The molecule has 3 aromatic heterocycles. The Bertz CT molecular complexity index is 1100. The summed E-state index contributed by atoms with van der Waals surface area (Å²) in [6.45, 7) is 4.30. The minimum Gasteiger partial charge on any atom is -0.471 e. The van der Waals surface area contributed by atoms with Crippen molar-refractivity contribution in [3.63, 3.8) is 0 Å². The molecule has 142 valence electrons. The number of hydrogen-bond donors (Lipinski definition) is 2. The van der Waals surface area contributed by atoms with Crippen molar-refractivity contribution < 1.29 is 9.53 Å². The zero-order chi connectivity index (χ0) is 19.5. The highest BCUT2D eigenvalue weighted by molar-refractivity contribution is 7.13. The summed E-state index contributed by atoms with van der Waals surface area (Å²) >= 11 is 1.58. The van der Waals surface area contributed by atoms with E-state index in [1.54, 1.807) is 34.5 Å². The number of ether oxygens (including phenoxy) is 1. The normalized spacial score (nSPS) is 10.8. The molecule has 0 fully saturated rings. The van der Waals surface area contributed by atoms with Crippen LogP contribution in [0.1, 0.15) is 21.6 Å². The van der Waals surface area contributed by atoms with E-state index < -0.39 is 0 Å². The van der Waals surface area contributed by atoms with Crippen LogP contribution >= 0.6 is 11.3 Å². The number of carbonyl (C=O) groups is 1. The van der Waals surface area contributed by atoms with Crippen molar-refractivity contribution in [3.05, 3.63) is 71.0 Å². The molecule has 0 aliphatic rings. The van der Waals surface area contributed by atoms with Gasteiger partial charge in [0, 0.05) is 0 Å². The van der Waals surface area contributed by atoms with Gasteiger partial charge in [0.2, 0.25) is 0 Å². The third-order valence-corrected chi connectivity index (χ3v) is 5.07. The largest absolute Gasteiger partial charge is 0.471 e. The Morgan fingerprint density at radius 1 is 1.29 bits per heavy atom. The number of amides is 1. The lowest BCUT2D eigenvalue weighted by Gasteiger charge is -2.09. The number of nitrogens with zero attached hydrogens (tertiary/aromatic N) is 3. The monoisotopic (exact) mass is 393 g/mol. The molecule has 28 heavy (non-hydrogen) atoms. The van der Waals surface area contributed by atoms with Crippen molar-refractivity contribution >= 4 is 22.9 Å². The smallest absolute Gasteiger partial charge is 0.276 e. The van der Waals surface area contributed by atoms with Crippen molar-refractivity contribution in [2.75, 3.05) is 5.32 Å². The average Bonchev–Trinajstić information content (AvgIpc) is 3.42. The molecule has 1 amide bonds. The number of anilines is 1. The van der Waals surface area contributed by atoms with E-state index in [0.29, 0.717) is 11.4 Å². The van der Waals surface area contributed by atoms with Gasteiger partial charge in [-0.2, -0.15) is 10.2 Å². The maximum atomic E-state index is 12.4. The van der Waals surface area contributed by atoms with E-state index in [1.165, 1.54) is 5.56 Å². The van der Waals surface area contributed by atoms with Crippen molar-refractivity contribution in [1.29, 1.82) is 0 Å². The van der Waals surface area contributed by atoms with Gasteiger partial charge in [-0.3, -0.25) is 9.89 Å². The van der Waals surface area contributed by atoms with Crippen LogP contribution in [0.2, 0.25) is 0 Å². The molecule has 0 atom stereocenters. The minimum absolute atomic E-state index is 0.255. The Hall–Kier alpha value is -3.39. The van der Waals surface area contributed by atoms with E-state index >= 15 is 0 Å². The molecule has 2 N–H and O–H groups in total. The summed E-state index contributed by atoms with van der Waals surface area (Å²) in [7, 11) is 0. The first-order chi connectivity index (χ1) is 13.6. The lowest BCUT2D eigenvalue weighted by molar-refractivity contribution is 0.102. The second-order valence-corrected chi connectivity index (χ2v) is 7.36. The number of aryl methyl sites for hydroxylation is 2. The quantitative estimate of drug-likeness (QED) is 0.513. The topological polar surface area (TPSA) is 84.8 Å². The molecule has 3 heterocycles. The number of H-pyrrole nitrogens is 1. The molecule has 0 saturated heterocycles. The molecule has 0 unspecified atom stereocenters. The summed E-state index contributed by atoms with van der Waals surface area (Å²) in [6, 6.07) is 11.7.